The predicted molar refractivity (Wildman–Crippen MR) is 82.6 cm³/mol. The van der Waals surface area contributed by atoms with E-state index in [-0.39, 0.29) is 5.91 Å². The van der Waals surface area contributed by atoms with Gasteiger partial charge >= 0.3 is 0 Å². The minimum absolute atomic E-state index is 0.0830. The molecule has 100 valence electrons. The number of benzene rings is 1. The normalized spacial score (nSPS) is 10.7. The number of hydrogen-bond acceptors (Lipinski definition) is 2. The Morgan fingerprint density at radius 1 is 1.30 bits per heavy atom. The Bertz CT molecular complexity index is 766. The number of anilines is 1. The van der Waals surface area contributed by atoms with Gasteiger partial charge in [-0.3, -0.25) is 4.79 Å². The van der Waals surface area contributed by atoms with E-state index in [2.05, 4.69) is 31.2 Å². The van der Waals surface area contributed by atoms with Crippen molar-refractivity contribution in [3.63, 3.8) is 0 Å². The van der Waals surface area contributed by atoms with Crippen molar-refractivity contribution in [2.75, 3.05) is 5.32 Å². The molecule has 5 heteroatoms. The van der Waals surface area contributed by atoms with Crippen LogP contribution >= 0.6 is 15.9 Å². The van der Waals surface area contributed by atoms with Crippen molar-refractivity contribution in [2.45, 2.75) is 6.42 Å². The lowest BCUT2D eigenvalue weighted by atomic mass is 10.1. The van der Waals surface area contributed by atoms with Crippen LogP contribution in [0, 0.1) is 0 Å². The molecule has 2 N–H and O–H groups in total. The quantitative estimate of drug-likeness (QED) is 0.772. The summed E-state index contributed by atoms with van der Waals surface area (Å²) in [6, 6.07) is 11.5. The van der Waals surface area contributed by atoms with Crippen molar-refractivity contribution in [3.05, 3.63) is 58.8 Å². The number of aromatic amines is 1. The molecule has 0 bridgehead atoms. The second-order valence-corrected chi connectivity index (χ2v) is 5.36. The van der Waals surface area contributed by atoms with Gasteiger partial charge in [0.1, 0.15) is 5.82 Å². The molecule has 0 aliphatic rings. The molecule has 2 aromatic heterocycles. The molecule has 1 aromatic carbocycles. The van der Waals surface area contributed by atoms with Crippen LogP contribution in [-0.4, -0.2) is 15.9 Å². The number of para-hydroxylation sites is 1. The molecule has 0 aliphatic carbocycles. The average Bonchev–Trinajstić information content (AvgIpc) is 2.82. The molecule has 2 heterocycles. The van der Waals surface area contributed by atoms with Crippen LogP contribution in [0.4, 0.5) is 5.82 Å². The lowest BCUT2D eigenvalue weighted by Crippen LogP contribution is -2.15. The summed E-state index contributed by atoms with van der Waals surface area (Å²) in [6.45, 7) is 0. The fourth-order valence-electron chi connectivity index (χ4n) is 2.11. The molecule has 0 unspecified atom stereocenters. The van der Waals surface area contributed by atoms with Gasteiger partial charge in [0.05, 0.1) is 6.42 Å². The first-order chi connectivity index (χ1) is 9.72. The highest BCUT2D eigenvalue weighted by molar-refractivity contribution is 9.10. The molecule has 0 spiro atoms. The van der Waals surface area contributed by atoms with Crippen LogP contribution in [0.3, 0.4) is 0 Å². The lowest BCUT2D eigenvalue weighted by Gasteiger charge is -2.04. The van der Waals surface area contributed by atoms with Gasteiger partial charge in [-0.15, -0.1) is 0 Å². The van der Waals surface area contributed by atoms with Gasteiger partial charge in [-0.1, -0.05) is 34.1 Å². The zero-order valence-corrected chi connectivity index (χ0v) is 12.1. The minimum Gasteiger partial charge on any atom is -0.361 e. The van der Waals surface area contributed by atoms with E-state index in [1.54, 1.807) is 12.3 Å². The van der Waals surface area contributed by atoms with Gasteiger partial charge in [0.25, 0.3) is 0 Å². The summed E-state index contributed by atoms with van der Waals surface area (Å²) >= 11 is 3.35. The fourth-order valence-corrected chi connectivity index (χ4v) is 2.45. The predicted octanol–water partition coefficient (Wildman–Crippen LogP) is 3.51. The van der Waals surface area contributed by atoms with Crippen molar-refractivity contribution in [1.82, 2.24) is 9.97 Å². The molecular formula is C15H12BrN3O. The van der Waals surface area contributed by atoms with E-state index >= 15 is 0 Å². The van der Waals surface area contributed by atoms with Crippen LogP contribution in [-0.2, 0) is 11.2 Å². The molecule has 0 fully saturated rings. The highest BCUT2D eigenvalue weighted by atomic mass is 79.9. The summed E-state index contributed by atoms with van der Waals surface area (Å²) in [6.07, 6.45) is 3.84. The fraction of sp³-hybridized carbons (Fsp3) is 0.0667. The van der Waals surface area contributed by atoms with E-state index in [1.807, 2.05) is 36.5 Å². The third kappa shape index (κ3) is 2.72. The van der Waals surface area contributed by atoms with Crippen LogP contribution < -0.4 is 5.32 Å². The molecule has 1 amide bonds. The third-order valence-electron chi connectivity index (χ3n) is 3.02. The van der Waals surface area contributed by atoms with E-state index in [9.17, 15) is 4.79 Å². The van der Waals surface area contributed by atoms with E-state index in [1.165, 1.54) is 0 Å². The summed E-state index contributed by atoms with van der Waals surface area (Å²) in [4.78, 5) is 19.3. The Balaban J connectivity index is 1.76. The summed E-state index contributed by atoms with van der Waals surface area (Å²) < 4.78 is 0.884. The molecule has 0 atom stereocenters. The van der Waals surface area contributed by atoms with E-state index < -0.39 is 0 Å². The van der Waals surface area contributed by atoms with Crippen LogP contribution in [0.5, 0.6) is 0 Å². The van der Waals surface area contributed by atoms with Crippen molar-refractivity contribution in [2.24, 2.45) is 0 Å². The number of rotatable bonds is 3. The number of halogens is 1. The Labute approximate surface area is 124 Å². The van der Waals surface area contributed by atoms with Crippen LogP contribution in [0.2, 0.25) is 0 Å². The molecule has 3 rings (SSSR count). The summed E-state index contributed by atoms with van der Waals surface area (Å²) in [5, 5.41) is 3.87. The van der Waals surface area contributed by atoms with Gasteiger partial charge in [-0.25, -0.2) is 4.98 Å². The largest absolute Gasteiger partial charge is 0.361 e. The summed E-state index contributed by atoms with van der Waals surface area (Å²) in [7, 11) is 0. The maximum Gasteiger partial charge on any atom is 0.230 e. The third-order valence-corrected chi connectivity index (χ3v) is 3.51. The first kappa shape index (κ1) is 12.9. The number of carbonyl (C=O) groups excluding carboxylic acids is 1. The van der Waals surface area contributed by atoms with E-state index in [0.717, 1.165) is 20.9 Å². The second kappa shape index (κ2) is 5.46. The Morgan fingerprint density at radius 2 is 2.15 bits per heavy atom. The van der Waals surface area contributed by atoms with Crippen LogP contribution in [0.1, 0.15) is 5.56 Å². The number of pyridine rings is 1. The van der Waals surface area contributed by atoms with Crippen molar-refractivity contribution < 1.29 is 4.79 Å². The molecule has 0 saturated carbocycles. The zero-order chi connectivity index (χ0) is 13.9. The molecule has 20 heavy (non-hydrogen) atoms. The second-order valence-electron chi connectivity index (χ2n) is 4.44. The molecule has 3 aromatic rings. The zero-order valence-electron chi connectivity index (χ0n) is 10.6. The molecule has 0 saturated heterocycles. The van der Waals surface area contributed by atoms with Gasteiger partial charge in [0.2, 0.25) is 5.91 Å². The highest BCUT2D eigenvalue weighted by Crippen LogP contribution is 2.19. The first-order valence-corrected chi connectivity index (χ1v) is 6.98. The standard InChI is InChI=1S/C15H12BrN3O/c16-11-5-6-17-14(8-11)19-15(20)7-10-9-18-13-4-2-1-3-12(10)13/h1-6,8-9,18H,7H2,(H,17,19,20). The number of nitrogens with one attached hydrogen (secondary N) is 2. The monoisotopic (exact) mass is 329 g/mol. The number of nitrogens with zero attached hydrogens (tertiary/aromatic N) is 1. The van der Waals surface area contributed by atoms with Gasteiger partial charge in [-0.05, 0) is 23.8 Å². The van der Waals surface area contributed by atoms with Crippen molar-refractivity contribution >= 4 is 38.6 Å². The van der Waals surface area contributed by atoms with Gasteiger partial charge in [-0.2, -0.15) is 0 Å². The number of fused-ring (bicyclic) bond motifs is 1. The molecular weight excluding hydrogens is 318 g/mol. The summed E-state index contributed by atoms with van der Waals surface area (Å²) in [5.74, 6) is 0.463. The lowest BCUT2D eigenvalue weighted by molar-refractivity contribution is -0.115. The topological polar surface area (TPSA) is 57.8 Å². The Morgan fingerprint density at radius 3 is 3.00 bits per heavy atom. The van der Waals surface area contributed by atoms with E-state index in [4.69, 9.17) is 0 Å². The maximum absolute atomic E-state index is 12.1. The van der Waals surface area contributed by atoms with Crippen LogP contribution in [0.15, 0.2) is 53.3 Å². The molecule has 4 nitrogen and oxygen atoms in total. The van der Waals surface area contributed by atoms with Gasteiger partial charge in [0, 0.05) is 27.8 Å². The SMILES string of the molecule is O=C(Cc1c[nH]c2ccccc12)Nc1cc(Br)ccn1. The van der Waals surface area contributed by atoms with Gasteiger partial charge < -0.3 is 10.3 Å². The molecule has 0 radical (unpaired) electrons. The smallest absolute Gasteiger partial charge is 0.230 e. The number of aromatic nitrogens is 2. The number of hydrogen-bond donors (Lipinski definition) is 2. The number of carbonyl (C=O) groups is 1. The van der Waals surface area contributed by atoms with Crippen molar-refractivity contribution in [3.8, 4) is 0 Å². The number of H-pyrrole nitrogens is 1. The summed E-state index contributed by atoms with van der Waals surface area (Å²) in [5.41, 5.74) is 2.02. The van der Waals surface area contributed by atoms with Crippen molar-refractivity contribution in [1.29, 1.82) is 0 Å². The van der Waals surface area contributed by atoms with Crippen LogP contribution in [0.25, 0.3) is 10.9 Å². The maximum atomic E-state index is 12.1. The highest BCUT2D eigenvalue weighted by Gasteiger charge is 2.09. The van der Waals surface area contributed by atoms with E-state index in [0.29, 0.717) is 12.2 Å². The average molecular weight is 330 g/mol. The Kier molecular flexibility index (Phi) is 3.52. The minimum atomic E-state index is -0.0830. The first-order valence-electron chi connectivity index (χ1n) is 6.19. The number of amides is 1. The Hall–Kier alpha value is -2.14. The molecule has 0 aliphatic heterocycles. The van der Waals surface area contributed by atoms with Gasteiger partial charge in [0.15, 0.2) is 0 Å².